The van der Waals surface area contributed by atoms with Gasteiger partial charge in [0.2, 0.25) is 0 Å². The van der Waals surface area contributed by atoms with Crippen molar-refractivity contribution in [1.29, 1.82) is 0 Å². The highest BCUT2D eigenvalue weighted by molar-refractivity contribution is 5.71. The van der Waals surface area contributed by atoms with Crippen molar-refractivity contribution >= 4 is 17.9 Å². The Morgan fingerprint density at radius 2 is 0.476 bits per heavy atom. The molecule has 0 aliphatic carbocycles. The zero-order chi connectivity index (χ0) is 59.2. The molecule has 0 N–H and O–H groups in total. The zero-order valence-electron chi connectivity index (χ0n) is 54.8. The van der Waals surface area contributed by atoms with E-state index in [9.17, 15) is 14.4 Å². The molecule has 0 aromatic carbocycles. The first-order chi connectivity index (χ1) is 40.5. The third kappa shape index (κ3) is 67.6. The molecule has 1 unspecified atom stereocenters. The molecule has 0 aliphatic rings. The first kappa shape index (κ1) is 78.8. The van der Waals surface area contributed by atoms with Crippen molar-refractivity contribution < 1.29 is 28.6 Å². The van der Waals surface area contributed by atoms with Crippen LogP contribution in [0.3, 0.4) is 0 Å². The second kappa shape index (κ2) is 70.3. The molecule has 0 aromatic heterocycles. The Labute approximate surface area is 510 Å². The van der Waals surface area contributed by atoms with E-state index in [0.717, 1.165) is 96.3 Å². The molecule has 476 valence electrons. The fraction of sp³-hybridized carbons (Fsp3) is 0.803. The van der Waals surface area contributed by atoms with Gasteiger partial charge in [-0.15, -0.1) is 0 Å². The van der Waals surface area contributed by atoms with Crippen LogP contribution in [0.15, 0.2) is 72.9 Å². The summed E-state index contributed by atoms with van der Waals surface area (Å²) in [6, 6.07) is 0. The van der Waals surface area contributed by atoms with Gasteiger partial charge in [-0.3, -0.25) is 14.4 Å². The van der Waals surface area contributed by atoms with Crippen molar-refractivity contribution in [3.63, 3.8) is 0 Å². The van der Waals surface area contributed by atoms with E-state index in [2.05, 4.69) is 93.7 Å². The Balaban J connectivity index is 4.05. The topological polar surface area (TPSA) is 78.9 Å². The van der Waals surface area contributed by atoms with Gasteiger partial charge >= 0.3 is 17.9 Å². The summed E-state index contributed by atoms with van der Waals surface area (Å²) in [6.07, 6.45) is 92.6. The minimum atomic E-state index is -0.773. The van der Waals surface area contributed by atoms with Crippen LogP contribution < -0.4 is 0 Å². The maximum absolute atomic E-state index is 12.9. The number of carbonyl (C=O) groups excluding carboxylic acids is 3. The second-order valence-corrected chi connectivity index (χ2v) is 24.1. The van der Waals surface area contributed by atoms with Gasteiger partial charge in [-0.05, 0) is 70.6 Å². The van der Waals surface area contributed by atoms with E-state index < -0.39 is 6.10 Å². The van der Waals surface area contributed by atoms with E-state index in [1.165, 1.54) is 238 Å². The minimum absolute atomic E-state index is 0.0720. The lowest BCUT2D eigenvalue weighted by Gasteiger charge is -2.18. The van der Waals surface area contributed by atoms with E-state index in [4.69, 9.17) is 14.2 Å². The number of esters is 3. The average Bonchev–Trinajstić information content (AvgIpc) is 3.48. The summed E-state index contributed by atoms with van der Waals surface area (Å²) in [5.74, 6) is -0.862. The lowest BCUT2D eigenvalue weighted by molar-refractivity contribution is -0.167. The molecule has 0 radical (unpaired) electrons. The summed E-state index contributed by atoms with van der Waals surface area (Å²) in [6.45, 7) is 6.54. The van der Waals surface area contributed by atoms with Crippen LogP contribution in [-0.2, 0) is 28.6 Å². The highest BCUT2D eigenvalue weighted by Gasteiger charge is 2.19. The molecule has 82 heavy (non-hydrogen) atoms. The van der Waals surface area contributed by atoms with Crippen molar-refractivity contribution in [3.8, 4) is 0 Å². The number of rotatable bonds is 66. The predicted molar refractivity (Wildman–Crippen MR) is 358 cm³/mol. The largest absolute Gasteiger partial charge is 0.462 e. The summed E-state index contributed by atoms with van der Waals surface area (Å²) < 4.78 is 16.9. The molecule has 1 atom stereocenters. The Kier molecular flexibility index (Phi) is 67.6. The maximum atomic E-state index is 12.9. The standard InChI is InChI=1S/C76H136O6/c1-4-7-10-13-16-18-20-22-24-26-28-30-32-34-36-38-40-41-43-45-47-49-51-53-55-57-60-63-66-69-75(78)81-72-73(71-80-74(77)68-65-62-59-15-12-9-6-3)82-76(79)70-67-64-61-58-56-54-52-50-48-46-44-42-39-37-35-33-31-29-27-25-23-21-19-17-14-11-8-5-2/h7,10,16,18,22,24,28,30,34,36,40-41,73H,4-6,8-9,11-15,17,19-21,23,25-27,29,31-33,35,37-39,42-72H2,1-3H3/b10-7-,18-16-,24-22-,30-28-,36-34-,41-40-. The summed E-state index contributed by atoms with van der Waals surface area (Å²) in [4.78, 5) is 38.2. The molecule has 6 heteroatoms. The number of allylic oxidation sites excluding steroid dienone is 12. The van der Waals surface area contributed by atoms with Crippen molar-refractivity contribution in [1.82, 2.24) is 0 Å². The predicted octanol–water partition coefficient (Wildman–Crippen LogP) is 24.8. The molecule has 0 saturated heterocycles. The second-order valence-electron chi connectivity index (χ2n) is 24.1. The van der Waals surface area contributed by atoms with Gasteiger partial charge < -0.3 is 14.2 Å². The van der Waals surface area contributed by atoms with E-state index in [1.54, 1.807) is 0 Å². The van der Waals surface area contributed by atoms with Crippen LogP contribution in [0.25, 0.3) is 0 Å². The van der Waals surface area contributed by atoms with Gasteiger partial charge in [0.05, 0.1) is 0 Å². The molecule has 0 fully saturated rings. The van der Waals surface area contributed by atoms with Crippen molar-refractivity contribution in [2.75, 3.05) is 13.2 Å². The van der Waals surface area contributed by atoms with Crippen molar-refractivity contribution in [2.24, 2.45) is 0 Å². The maximum Gasteiger partial charge on any atom is 0.306 e. The molecular formula is C76H136O6. The fourth-order valence-corrected chi connectivity index (χ4v) is 10.6. The van der Waals surface area contributed by atoms with Crippen molar-refractivity contribution in [2.45, 2.75) is 380 Å². The normalized spacial score (nSPS) is 12.5. The van der Waals surface area contributed by atoms with Gasteiger partial charge in [-0.2, -0.15) is 0 Å². The first-order valence-electron chi connectivity index (χ1n) is 35.9. The van der Waals surface area contributed by atoms with E-state index in [-0.39, 0.29) is 31.1 Å². The molecular weight excluding hydrogens is 1010 g/mol. The number of carbonyl (C=O) groups is 3. The van der Waals surface area contributed by atoms with Crippen LogP contribution in [0.2, 0.25) is 0 Å². The van der Waals surface area contributed by atoms with Gasteiger partial charge in [0, 0.05) is 19.3 Å². The van der Waals surface area contributed by atoms with Gasteiger partial charge in [0.25, 0.3) is 0 Å². The highest BCUT2D eigenvalue weighted by atomic mass is 16.6. The fourth-order valence-electron chi connectivity index (χ4n) is 10.6. The molecule has 0 bridgehead atoms. The van der Waals surface area contributed by atoms with Crippen LogP contribution >= 0.6 is 0 Å². The third-order valence-corrected chi connectivity index (χ3v) is 16.0. The smallest absolute Gasteiger partial charge is 0.306 e. The lowest BCUT2D eigenvalue weighted by Crippen LogP contribution is -2.30. The van der Waals surface area contributed by atoms with Crippen LogP contribution in [-0.4, -0.2) is 37.2 Å². The van der Waals surface area contributed by atoms with Crippen LogP contribution in [0.1, 0.15) is 374 Å². The minimum Gasteiger partial charge on any atom is -0.462 e. The SMILES string of the molecule is CC/C=C\C/C=C\C/C=C\C/C=C\C/C=C\C/C=C\CCCCCCCCCCCCC(=O)OCC(COC(=O)CCCCCCCCC)OC(=O)CCCCCCCCCCCCCCCCCCCCCCCCCCCCCC. The van der Waals surface area contributed by atoms with Crippen LogP contribution in [0, 0.1) is 0 Å². The number of ether oxygens (including phenoxy) is 3. The van der Waals surface area contributed by atoms with Gasteiger partial charge in [0.15, 0.2) is 6.10 Å². The molecule has 0 heterocycles. The summed E-state index contributed by atoms with van der Waals surface area (Å²) in [5, 5.41) is 0. The Bertz CT molecular complexity index is 1500. The molecule has 0 aliphatic heterocycles. The van der Waals surface area contributed by atoms with E-state index in [1.807, 2.05) is 0 Å². The molecule has 0 saturated carbocycles. The zero-order valence-corrected chi connectivity index (χ0v) is 54.8. The molecule has 6 nitrogen and oxygen atoms in total. The monoisotopic (exact) mass is 1150 g/mol. The van der Waals surface area contributed by atoms with Crippen LogP contribution in [0.5, 0.6) is 0 Å². The molecule has 0 amide bonds. The molecule has 0 aromatic rings. The molecule has 0 rings (SSSR count). The third-order valence-electron chi connectivity index (χ3n) is 16.0. The quantitative estimate of drug-likeness (QED) is 0.0261. The highest BCUT2D eigenvalue weighted by Crippen LogP contribution is 2.18. The van der Waals surface area contributed by atoms with Gasteiger partial charge in [-0.1, -0.05) is 357 Å². The van der Waals surface area contributed by atoms with Gasteiger partial charge in [0.1, 0.15) is 13.2 Å². The summed E-state index contributed by atoms with van der Waals surface area (Å²) in [7, 11) is 0. The number of hydrogen-bond donors (Lipinski definition) is 0. The Hall–Kier alpha value is -3.15. The molecule has 0 spiro atoms. The Morgan fingerprint density at radius 3 is 0.744 bits per heavy atom. The van der Waals surface area contributed by atoms with E-state index in [0.29, 0.717) is 19.3 Å². The summed E-state index contributed by atoms with van der Waals surface area (Å²) >= 11 is 0. The number of unbranched alkanes of at least 4 members (excludes halogenated alkanes) is 43. The van der Waals surface area contributed by atoms with E-state index >= 15 is 0 Å². The van der Waals surface area contributed by atoms with Crippen LogP contribution in [0.4, 0.5) is 0 Å². The summed E-state index contributed by atoms with van der Waals surface area (Å²) in [5.41, 5.74) is 0. The lowest BCUT2D eigenvalue weighted by atomic mass is 10.0. The van der Waals surface area contributed by atoms with Crippen molar-refractivity contribution in [3.05, 3.63) is 72.9 Å². The average molecular weight is 1150 g/mol. The first-order valence-corrected chi connectivity index (χ1v) is 35.9. The number of hydrogen-bond acceptors (Lipinski definition) is 6. The van der Waals surface area contributed by atoms with Gasteiger partial charge in [-0.25, -0.2) is 0 Å². The Morgan fingerprint density at radius 1 is 0.256 bits per heavy atom.